The van der Waals surface area contributed by atoms with Gasteiger partial charge >= 0.3 is 0 Å². The van der Waals surface area contributed by atoms with Gasteiger partial charge in [0.2, 0.25) is 0 Å². The molecular weight excluding hydrogens is 246 g/mol. The Labute approximate surface area is 114 Å². The summed E-state index contributed by atoms with van der Waals surface area (Å²) in [5.41, 5.74) is 4.10. The van der Waals surface area contributed by atoms with Gasteiger partial charge in [-0.2, -0.15) is 0 Å². The number of rotatable bonds is 1. The van der Waals surface area contributed by atoms with Crippen LogP contribution < -0.4 is 0 Å². The molecule has 0 amide bonds. The van der Waals surface area contributed by atoms with Gasteiger partial charge in [-0.05, 0) is 74.0 Å². The number of hydrogen-bond donors (Lipinski definition) is 1. The normalized spacial score (nSPS) is 22.4. The first-order chi connectivity index (χ1) is 8.64. The monoisotopic (exact) mass is 265 g/mol. The van der Waals surface area contributed by atoms with Gasteiger partial charge in [0.1, 0.15) is 0 Å². The van der Waals surface area contributed by atoms with Crippen molar-refractivity contribution >= 4 is 11.6 Å². The molecule has 1 saturated heterocycles. The molecule has 3 heteroatoms. The number of piperidine rings is 1. The lowest BCUT2D eigenvalue weighted by molar-refractivity contribution is 0.187. The van der Waals surface area contributed by atoms with Gasteiger partial charge in [0.05, 0.1) is 6.61 Å². The fourth-order valence-corrected chi connectivity index (χ4v) is 3.79. The van der Waals surface area contributed by atoms with E-state index in [-0.39, 0.29) is 6.61 Å². The van der Waals surface area contributed by atoms with E-state index in [0.29, 0.717) is 5.41 Å². The topological polar surface area (TPSA) is 23.5 Å². The number of aliphatic hydroxyl groups excluding tert-OH is 1. The van der Waals surface area contributed by atoms with Gasteiger partial charge in [0, 0.05) is 5.02 Å². The summed E-state index contributed by atoms with van der Waals surface area (Å²) in [4.78, 5) is 2.41. The van der Waals surface area contributed by atoms with E-state index in [0.717, 1.165) is 17.0 Å². The number of nitrogens with zero attached hydrogens (tertiary/aromatic N) is 1. The average Bonchev–Trinajstić information content (AvgIpc) is 2.71. The summed E-state index contributed by atoms with van der Waals surface area (Å²) in [6, 6.07) is 4.24. The Morgan fingerprint density at radius 3 is 2.67 bits per heavy atom. The van der Waals surface area contributed by atoms with E-state index in [1.165, 1.54) is 43.5 Å². The van der Waals surface area contributed by atoms with Crippen molar-refractivity contribution in [2.45, 2.75) is 37.7 Å². The Morgan fingerprint density at radius 1 is 1.28 bits per heavy atom. The van der Waals surface area contributed by atoms with Crippen LogP contribution in [0.4, 0.5) is 0 Å². The van der Waals surface area contributed by atoms with Gasteiger partial charge in [-0.15, -0.1) is 0 Å². The molecular formula is C15H20ClNO. The third-order valence-electron chi connectivity index (χ3n) is 4.83. The zero-order valence-electron chi connectivity index (χ0n) is 10.9. The van der Waals surface area contributed by atoms with Gasteiger partial charge in [0.25, 0.3) is 0 Å². The number of aryl methyl sites for hydroxylation is 1. The predicted molar refractivity (Wildman–Crippen MR) is 74.1 cm³/mol. The third kappa shape index (κ3) is 1.87. The van der Waals surface area contributed by atoms with Gasteiger partial charge in [-0.25, -0.2) is 0 Å². The fraction of sp³-hybridized carbons (Fsp3) is 0.600. The van der Waals surface area contributed by atoms with Crippen LogP contribution in [0.2, 0.25) is 5.02 Å². The van der Waals surface area contributed by atoms with Gasteiger partial charge in [-0.3, -0.25) is 0 Å². The lowest BCUT2D eigenvalue weighted by Gasteiger charge is -2.38. The molecule has 2 nitrogen and oxygen atoms in total. The highest BCUT2D eigenvalue weighted by Crippen LogP contribution is 2.47. The Balaban J connectivity index is 1.99. The number of halogens is 1. The number of hydrogen-bond acceptors (Lipinski definition) is 2. The van der Waals surface area contributed by atoms with E-state index >= 15 is 0 Å². The van der Waals surface area contributed by atoms with Gasteiger partial charge < -0.3 is 10.0 Å². The van der Waals surface area contributed by atoms with Crippen LogP contribution in [0.5, 0.6) is 0 Å². The first-order valence-corrected chi connectivity index (χ1v) is 7.14. The van der Waals surface area contributed by atoms with Crippen molar-refractivity contribution in [3.63, 3.8) is 0 Å². The second-order valence-corrected chi connectivity index (χ2v) is 6.25. The van der Waals surface area contributed by atoms with Crippen LogP contribution in [-0.4, -0.2) is 30.1 Å². The quantitative estimate of drug-likeness (QED) is 0.844. The molecule has 0 saturated carbocycles. The van der Waals surface area contributed by atoms with E-state index in [1.54, 1.807) is 0 Å². The Bertz CT molecular complexity index is 464. The molecule has 1 heterocycles. The molecule has 1 aromatic rings. The molecule has 0 aromatic heterocycles. The predicted octanol–water partition coefficient (Wildman–Crippen LogP) is 2.74. The molecule has 0 bridgehead atoms. The van der Waals surface area contributed by atoms with E-state index in [2.05, 4.69) is 24.1 Å². The molecule has 1 aliphatic carbocycles. The van der Waals surface area contributed by atoms with Crippen molar-refractivity contribution in [1.82, 2.24) is 4.90 Å². The first kappa shape index (κ1) is 12.5. The van der Waals surface area contributed by atoms with Gasteiger partial charge in [-0.1, -0.05) is 17.7 Å². The summed E-state index contributed by atoms with van der Waals surface area (Å²) in [7, 11) is 2.20. The van der Waals surface area contributed by atoms with Crippen LogP contribution in [0.3, 0.4) is 0 Å². The maximum Gasteiger partial charge on any atom is 0.0696 e. The molecule has 1 spiro atoms. The summed E-state index contributed by atoms with van der Waals surface area (Å²) >= 11 is 6.27. The second kappa shape index (κ2) is 4.52. The minimum absolute atomic E-state index is 0.0435. The largest absolute Gasteiger partial charge is 0.392 e. The van der Waals surface area contributed by atoms with E-state index in [1.807, 2.05) is 0 Å². The highest BCUT2D eigenvalue weighted by molar-refractivity contribution is 6.31. The van der Waals surface area contributed by atoms with Crippen LogP contribution in [0, 0.1) is 0 Å². The summed E-state index contributed by atoms with van der Waals surface area (Å²) in [5.74, 6) is 0. The SMILES string of the molecule is CN1CCC2(CCc3cc(CO)c(Cl)cc32)CC1. The molecule has 1 aliphatic heterocycles. The Morgan fingerprint density at radius 2 is 2.00 bits per heavy atom. The first-order valence-electron chi connectivity index (χ1n) is 6.76. The van der Waals surface area contributed by atoms with Crippen molar-refractivity contribution in [2.75, 3.05) is 20.1 Å². The minimum Gasteiger partial charge on any atom is -0.392 e. The van der Waals surface area contributed by atoms with Crippen molar-refractivity contribution in [3.05, 3.63) is 33.8 Å². The summed E-state index contributed by atoms with van der Waals surface area (Å²) in [5, 5.41) is 10.0. The highest BCUT2D eigenvalue weighted by atomic mass is 35.5. The van der Waals surface area contributed by atoms with E-state index in [9.17, 15) is 5.11 Å². The average molecular weight is 266 g/mol. The molecule has 2 aliphatic rings. The standard InChI is InChI=1S/C15H20ClNO/c1-17-6-4-15(5-7-17)3-2-11-8-12(10-18)14(16)9-13(11)15/h8-9,18H,2-7,10H2,1H3. The summed E-state index contributed by atoms with van der Waals surface area (Å²) in [6.07, 6.45) is 4.88. The molecule has 0 radical (unpaired) electrons. The van der Waals surface area contributed by atoms with E-state index < -0.39 is 0 Å². The summed E-state index contributed by atoms with van der Waals surface area (Å²) < 4.78 is 0. The van der Waals surface area contributed by atoms with Crippen LogP contribution in [0.15, 0.2) is 12.1 Å². The Hall–Kier alpha value is -0.570. The second-order valence-electron chi connectivity index (χ2n) is 5.84. The van der Waals surface area contributed by atoms with Crippen LogP contribution >= 0.6 is 11.6 Å². The molecule has 3 rings (SSSR count). The zero-order chi connectivity index (χ0) is 12.8. The summed E-state index contributed by atoms with van der Waals surface area (Å²) in [6.45, 7) is 2.40. The Kier molecular flexibility index (Phi) is 3.13. The van der Waals surface area contributed by atoms with Crippen LogP contribution in [0.1, 0.15) is 36.0 Å². The molecule has 0 unspecified atom stereocenters. The number of fused-ring (bicyclic) bond motifs is 2. The van der Waals surface area contributed by atoms with E-state index in [4.69, 9.17) is 11.6 Å². The number of likely N-dealkylation sites (tertiary alicyclic amines) is 1. The lowest BCUT2D eigenvalue weighted by Crippen LogP contribution is -2.39. The zero-order valence-corrected chi connectivity index (χ0v) is 11.6. The van der Waals surface area contributed by atoms with Crippen molar-refractivity contribution < 1.29 is 5.11 Å². The molecule has 1 aromatic carbocycles. The molecule has 1 fully saturated rings. The molecule has 1 N–H and O–H groups in total. The highest BCUT2D eigenvalue weighted by Gasteiger charge is 2.40. The lowest BCUT2D eigenvalue weighted by atomic mass is 9.74. The van der Waals surface area contributed by atoms with Crippen LogP contribution in [-0.2, 0) is 18.4 Å². The fourth-order valence-electron chi connectivity index (χ4n) is 3.57. The maximum absolute atomic E-state index is 9.30. The third-order valence-corrected chi connectivity index (χ3v) is 5.18. The number of benzene rings is 1. The van der Waals surface area contributed by atoms with Crippen molar-refractivity contribution in [1.29, 1.82) is 0 Å². The maximum atomic E-state index is 9.30. The molecule has 98 valence electrons. The smallest absolute Gasteiger partial charge is 0.0696 e. The van der Waals surface area contributed by atoms with Gasteiger partial charge in [0.15, 0.2) is 0 Å². The van der Waals surface area contributed by atoms with Crippen LogP contribution in [0.25, 0.3) is 0 Å². The minimum atomic E-state index is 0.0435. The van der Waals surface area contributed by atoms with Crippen molar-refractivity contribution in [3.8, 4) is 0 Å². The molecule has 0 atom stereocenters. The molecule has 18 heavy (non-hydrogen) atoms. The van der Waals surface area contributed by atoms with Crippen molar-refractivity contribution in [2.24, 2.45) is 0 Å². The number of aliphatic hydroxyl groups is 1.